The summed E-state index contributed by atoms with van der Waals surface area (Å²) >= 11 is 2.78. The van der Waals surface area contributed by atoms with Gasteiger partial charge in [-0.25, -0.2) is 18.1 Å². The summed E-state index contributed by atoms with van der Waals surface area (Å²) in [6, 6.07) is 3.42. The van der Waals surface area contributed by atoms with Gasteiger partial charge in [-0.05, 0) is 19.1 Å². The summed E-state index contributed by atoms with van der Waals surface area (Å²) in [5.41, 5.74) is 0.712. The van der Waals surface area contributed by atoms with E-state index in [0.717, 1.165) is 9.84 Å². The van der Waals surface area contributed by atoms with Crippen molar-refractivity contribution in [1.29, 1.82) is 0 Å². The molecule has 100 valence electrons. The lowest BCUT2D eigenvalue weighted by Crippen LogP contribution is -2.22. The van der Waals surface area contributed by atoms with Crippen LogP contribution in [0.15, 0.2) is 34.1 Å². The van der Waals surface area contributed by atoms with Crippen molar-refractivity contribution in [3.63, 3.8) is 0 Å². The van der Waals surface area contributed by atoms with Gasteiger partial charge in [0.1, 0.15) is 4.21 Å². The summed E-state index contributed by atoms with van der Waals surface area (Å²) in [6.45, 7) is 2.08. The summed E-state index contributed by atoms with van der Waals surface area (Å²) in [7, 11) is -3.44. The summed E-state index contributed by atoms with van der Waals surface area (Å²) < 4.78 is 28.9. The van der Waals surface area contributed by atoms with Crippen molar-refractivity contribution in [3.05, 3.63) is 40.5 Å². The molecule has 0 aromatic carbocycles. The first-order valence-electron chi connectivity index (χ1n) is 5.52. The molecule has 3 rings (SSSR count). The van der Waals surface area contributed by atoms with Crippen molar-refractivity contribution in [2.45, 2.75) is 17.7 Å². The van der Waals surface area contributed by atoms with E-state index < -0.39 is 10.0 Å². The van der Waals surface area contributed by atoms with Crippen LogP contribution in [0.25, 0.3) is 4.96 Å². The maximum Gasteiger partial charge on any atom is 0.250 e. The highest BCUT2D eigenvalue weighted by atomic mass is 32.2. The predicted molar refractivity (Wildman–Crippen MR) is 76.2 cm³/mol. The fourth-order valence-corrected chi connectivity index (χ4v) is 4.70. The third-order valence-electron chi connectivity index (χ3n) is 2.57. The number of hydrogen-bond donors (Lipinski definition) is 1. The van der Waals surface area contributed by atoms with Crippen LogP contribution in [0, 0.1) is 6.92 Å². The summed E-state index contributed by atoms with van der Waals surface area (Å²) in [4.78, 5) is 6.17. The molecule has 0 aliphatic carbocycles. The average molecular weight is 313 g/mol. The highest BCUT2D eigenvalue weighted by Gasteiger charge is 2.16. The summed E-state index contributed by atoms with van der Waals surface area (Å²) in [5, 5.41) is 1.94. The number of rotatable bonds is 4. The Morgan fingerprint density at radius 3 is 2.95 bits per heavy atom. The van der Waals surface area contributed by atoms with E-state index >= 15 is 0 Å². The average Bonchev–Trinajstić information content (AvgIpc) is 3.00. The number of thiophene rings is 1. The van der Waals surface area contributed by atoms with Crippen LogP contribution < -0.4 is 4.72 Å². The molecule has 0 unspecified atom stereocenters. The van der Waals surface area contributed by atoms with E-state index in [9.17, 15) is 8.42 Å². The van der Waals surface area contributed by atoms with E-state index in [1.165, 1.54) is 22.7 Å². The number of nitrogens with zero attached hydrogens (tertiary/aromatic N) is 2. The van der Waals surface area contributed by atoms with Crippen molar-refractivity contribution in [2.24, 2.45) is 0 Å². The first-order chi connectivity index (χ1) is 9.04. The fourth-order valence-electron chi connectivity index (χ4n) is 1.66. The van der Waals surface area contributed by atoms with Gasteiger partial charge < -0.3 is 0 Å². The van der Waals surface area contributed by atoms with Crippen molar-refractivity contribution >= 4 is 37.7 Å². The number of imidazole rings is 1. The first-order valence-corrected chi connectivity index (χ1v) is 8.70. The number of aryl methyl sites for hydroxylation is 1. The lowest BCUT2D eigenvalue weighted by atomic mass is 10.5. The topological polar surface area (TPSA) is 63.5 Å². The molecule has 0 radical (unpaired) electrons. The fraction of sp³-hybridized carbons (Fsp3) is 0.182. The zero-order valence-electron chi connectivity index (χ0n) is 10.0. The van der Waals surface area contributed by atoms with E-state index in [2.05, 4.69) is 9.71 Å². The number of thiazole rings is 1. The smallest absolute Gasteiger partial charge is 0.250 e. The van der Waals surface area contributed by atoms with Crippen LogP contribution >= 0.6 is 22.7 Å². The molecule has 3 aromatic rings. The highest BCUT2D eigenvalue weighted by Crippen LogP contribution is 2.20. The van der Waals surface area contributed by atoms with Crippen LogP contribution in [0.3, 0.4) is 0 Å². The van der Waals surface area contributed by atoms with Gasteiger partial charge in [0.2, 0.25) is 10.0 Å². The Kier molecular flexibility index (Phi) is 3.17. The molecule has 3 aromatic heterocycles. The molecular weight excluding hydrogens is 302 g/mol. The molecule has 0 saturated heterocycles. The molecule has 0 aliphatic rings. The van der Waals surface area contributed by atoms with Crippen LogP contribution in [0.5, 0.6) is 0 Å². The Morgan fingerprint density at radius 1 is 1.42 bits per heavy atom. The Balaban J connectivity index is 1.76. The minimum Gasteiger partial charge on any atom is -0.297 e. The Bertz CT molecular complexity index is 785. The molecule has 0 spiro atoms. The predicted octanol–water partition coefficient (Wildman–Crippen LogP) is 2.24. The Labute approximate surface area is 118 Å². The van der Waals surface area contributed by atoms with Gasteiger partial charge in [0.25, 0.3) is 0 Å². The van der Waals surface area contributed by atoms with Gasteiger partial charge in [-0.1, -0.05) is 0 Å². The van der Waals surface area contributed by atoms with Gasteiger partial charge in [0, 0.05) is 22.7 Å². The zero-order valence-corrected chi connectivity index (χ0v) is 12.5. The second-order valence-electron chi connectivity index (χ2n) is 4.01. The van der Waals surface area contributed by atoms with Gasteiger partial charge in [-0.2, -0.15) is 0 Å². The van der Waals surface area contributed by atoms with Crippen molar-refractivity contribution < 1.29 is 8.42 Å². The van der Waals surface area contributed by atoms with E-state index in [4.69, 9.17) is 0 Å². The lowest BCUT2D eigenvalue weighted by Gasteiger charge is -2.01. The molecule has 19 heavy (non-hydrogen) atoms. The van der Waals surface area contributed by atoms with Gasteiger partial charge >= 0.3 is 0 Å². The molecule has 0 bridgehead atoms. The standard InChI is InChI=1S/C11H11N3O2S3/c1-8-2-3-10(18-8)19(15,16)12-6-9-7-14-4-5-17-11(14)13-9/h2-5,7,12H,6H2,1H3. The maximum absolute atomic E-state index is 12.0. The number of nitrogens with one attached hydrogen (secondary N) is 1. The van der Waals surface area contributed by atoms with Crippen molar-refractivity contribution in [1.82, 2.24) is 14.1 Å². The summed E-state index contributed by atoms with van der Waals surface area (Å²) in [6.07, 6.45) is 3.72. The van der Waals surface area contributed by atoms with Gasteiger partial charge in [-0.15, -0.1) is 22.7 Å². The monoisotopic (exact) mass is 313 g/mol. The minimum atomic E-state index is -3.44. The molecular formula is C11H11N3O2S3. The third-order valence-corrected chi connectivity index (χ3v) is 6.23. The second-order valence-corrected chi connectivity index (χ2v) is 8.17. The van der Waals surface area contributed by atoms with E-state index in [1.807, 2.05) is 29.1 Å². The van der Waals surface area contributed by atoms with E-state index in [0.29, 0.717) is 9.90 Å². The van der Waals surface area contributed by atoms with Crippen LogP contribution in [-0.4, -0.2) is 17.8 Å². The molecule has 3 heterocycles. The van der Waals surface area contributed by atoms with Crippen molar-refractivity contribution in [2.75, 3.05) is 0 Å². The second kappa shape index (κ2) is 4.71. The lowest BCUT2D eigenvalue weighted by molar-refractivity contribution is 0.583. The zero-order chi connectivity index (χ0) is 13.5. The molecule has 5 nitrogen and oxygen atoms in total. The van der Waals surface area contributed by atoms with Gasteiger partial charge in [-0.3, -0.25) is 4.40 Å². The molecule has 0 aliphatic heterocycles. The largest absolute Gasteiger partial charge is 0.297 e. The Morgan fingerprint density at radius 2 is 2.26 bits per heavy atom. The number of sulfonamides is 1. The number of aromatic nitrogens is 2. The minimum absolute atomic E-state index is 0.202. The number of hydrogen-bond acceptors (Lipinski definition) is 5. The van der Waals surface area contributed by atoms with Crippen LogP contribution in [0.2, 0.25) is 0 Å². The van der Waals surface area contributed by atoms with Crippen LogP contribution in [0.1, 0.15) is 10.6 Å². The van der Waals surface area contributed by atoms with Crippen molar-refractivity contribution in [3.8, 4) is 0 Å². The maximum atomic E-state index is 12.0. The Hall–Kier alpha value is -1.22. The molecule has 0 saturated carbocycles. The highest BCUT2D eigenvalue weighted by molar-refractivity contribution is 7.91. The number of fused-ring (bicyclic) bond motifs is 1. The van der Waals surface area contributed by atoms with Crippen LogP contribution in [0.4, 0.5) is 0 Å². The van der Waals surface area contributed by atoms with E-state index in [-0.39, 0.29) is 6.54 Å². The quantitative estimate of drug-likeness (QED) is 0.803. The normalized spacial score (nSPS) is 12.3. The molecule has 1 N–H and O–H groups in total. The molecule has 0 fully saturated rings. The SMILES string of the molecule is Cc1ccc(S(=O)(=O)NCc2cn3ccsc3n2)s1. The van der Waals surface area contributed by atoms with Gasteiger partial charge in [0.15, 0.2) is 4.96 Å². The van der Waals surface area contributed by atoms with E-state index in [1.54, 1.807) is 12.1 Å². The molecule has 0 amide bonds. The van der Waals surface area contributed by atoms with Gasteiger partial charge in [0.05, 0.1) is 12.2 Å². The first kappa shape index (κ1) is 12.8. The van der Waals surface area contributed by atoms with Crippen LogP contribution in [-0.2, 0) is 16.6 Å². The molecule has 8 heteroatoms. The summed E-state index contributed by atoms with van der Waals surface area (Å²) in [5.74, 6) is 0. The third kappa shape index (κ3) is 2.57. The molecule has 0 atom stereocenters.